The number of benzene rings is 2. The van der Waals surface area contributed by atoms with Gasteiger partial charge in [-0.25, -0.2) is 4.39 Å². The van der Waals surface area contributed by atoms with Gasteiger partial charge in [0.25, 0.3) is 0 Å². The Morgan fingerprint density at radius 3 is 2.33 bits per heavy atom. The molecule has 2 aromatic rings. The molecule has 0 saturated heterocycles. The first-order valence-corrected chi connectivity index (χ1v) is 5.78. The Labute approximate surface area is 106 Å². The fraction of sp³-hybridized carbons (Fsp3) is 0.200. The molecule has 0 spiro atoms. The summed E-state index contributed by atoms with van der Waals surface area (Å²) >= 11 is 0. The molecule has 0 aliphatic rings. The summed E-state index contributed by atoms with van der Waals surface area (Å²) in [5.41, 5.74) is 1.65. The fourth-order valence-corrected chi connectivity index (χ4v) is 1.59. The Morgan fingerprint density at radius 1 is 1.11 bits per heavy atom. The normalized spacial score (nSPS) is 12.2. The van der Waals surface area contributed by atoms with Crippen molar-refractivity contribution in [3.8, 4) is 11.5 Å². The lowest BCUT2D eigenvalue weighted by atomic mass is 10.1. The maximum Gasteiger partial charge on any atom is 0.166 e. The lowest BCUT2D eigenvalue weighted by Crippen LogP contribution is -1.94. The summed E-state index contributed by atoms with van der Waals surface area (Å²) in [6.45, 7) is 3.57. The molecule has 3 heteroatoms. The third-order valence-electron chi connectivity index (χ3n) is 2.69. The topological polar surface area (TPSA) is 29.5 Å². The number of rotatable bonds is 3. The SMILES string of the molecule is Cc1ccc(Oc2ccc(C(C)O)cc2F)cc1. The first kappa shape index (κ1) is 12.6. The van der Waals surface area contributed by atoms with Crippen molar-refractivity contribution in [1.29, 1.82) is 0 Å². The van der Waals surface area contributed by atoms with E-state index in [1.165, 1.54) is 12.1 Å². The molecule has 18 heavy (non-hydrogen) atoms. The molecule has 0 aliphatic carbocycles. The van der Waals surface area contributed by atoms with E-state index in [1.807, 2.05) is 19.1 Å². The number of hydrogen-bond donors (Lipinski definition) is 1. The zero-order chi connectivity index (χ0) is 13.1. The standard InChI is InChI=1S/C15H15FO2/c1-10-3-6-13(7-4-10)18-15-8-5-12(11(2)17)9-14(15)16/h3-9,11,17H,1-2H3. The van der Waals surface area contributed by atoms with Gasteiger partial charge in [0.2, 0.25) is 0 Å². The molecule has 1 atom stereocenters. The Balaban J connectivity index is 2.22. The van der Waals surface area contributed by atoms with Gasteiger partial charge in [-0.15, -0.1) is 0 Å². The van der Waals surface area contributed by atoms with Crippen LogP contribution in [0.4, 0.5) is 4.39 Å². The van der Waals surface area contributed by atoms with Crippen LogP contribution in [-0.4, -0.2) is 5.11 Å². The van der Waals surface area contributed by atoms with Gasteiger partial charge in [0, 0.05) is 0 Å². The van der Waals surface area contributed by atoms with E-state index in [9.17, 15) is 9.50 Å². The third-order valence-corrected chi connectivity index (χ3v) is 2.69. The van der Waals surface area contributed by atoms with E-state index >= 15 is 0 Å². The van der Waals surface area contributed by atoms with Crippen molar-refractivity contribution in [3.05, 3.63) is 59.4 Å². The van der Waals surface area contributed by atoms with Gasteiger partial charge in [-0.3, -0.25) is 0 Å². The maximum absolute atomic E-state index is 13.7. The van der Waals surface area contributed by atoms with Crippen molar-refractivity contribution in [1.82, 2.24) is 0 Å². The second-order valence-corrected chi connectivity index (χ2v) is 4.28. The van der Waals surface area contributed by atoms with Crippen LogP contribution in [-0.2, 0) is 0 Å². The van der Waals surface area contributed by atoms with Gasteiger partial charge in [0.15, 0.2) is 11.6 Å². The molecule has 94 valence electrons. The summed E-state index contributed by atoms with van der Waals surface area (Å²) < 4.78 is 19.2. The summed E-state index contributed by atoms with van der Waals surface area (Å²) in [6, 6.07) is 11.8. The largest absolute Gasteiger partial charge is 0.454 e. The Kier molecular flexibility index (Phi) is 3.63. The summed E-state index contributed by atoms with van der Waals surface area (Å²) in [6.07, 6.45) is -0.687. The summed E-state index contributed by atoms with van der Waals surface area (Å²) in [4.78, 5) is 0. The van der Waals surface area contributed by atoms with Gasteiger partial charge in [-0.2, -0.15) is 0 Å². The fourth-order valence-electron chi connectivity index (χ4n) is 1.59. The number of hydrogen-bond acceptors (Lipinski definition) is 2. The lowest BCUT2D eigenvalue weighted by molar-refractivity contribution is 0.198. The molecule has 0 saturated carbocycles. The van der Waals surface area contributed by atoms with Crippen LogP contribution in [0.15, 0.2) is 42.5 Å². The van der Waals surface area contributed by atoms with Gasteiger partial charge < -0.3 is 9.84 Å². The number of aliphatic hydroxyl groups excluding tert-OH is 1. The molecule has 0 aromatic heterocycles. The summed E-state index contributed by atoms with van der Waals surface area (Å²) in [7, 11) is 0. The average molecular weight is 246 g/mol. The second-order valence-electron chi connectivity index (χ2n) is 4.28. The molecule has 0 amide bonds. The van der Waals surface area contributed by atoms with Crippen LogP contribution >= 0.6 is 0 Å². The average Bonchev–Trinajstić information content (AvgIpc) is 2.34. The number of aliphatic hydroxyl groups is 1. The lowest BCUT2D eigenvalue weighted by Gasteiger charge is -2.09. The highest BCUT2D eigenvalue weighted by Crippen LogP contribution is 2.26. The predicted molar refractivity (Wildman–Crippen MR) is 68.3 cm³/mol. The zero-order valence-electron chi connectivity index (χ0n) is 10.4. The Morgan fingerprint density at radius 2 is 1.78 bits per heavy atom. The summed E-state index contributed by atoms with van der Waals surface area (Å²) in [5, 5.41) is 9.35. The number of ether oxygens (including phenoxy) is 1. The van der Waals surface area contributed by atoms with E-state index in [0.717, 1.165) is 5.56 Å². The van der Waals surface area contributed by atoms with E-state index in [1.54, 1.807) is 25.1 Å². The van der Waals surface area contributed by atoms with Crippen LogP contribution in [0.5, 0.6) is 11.5 Å². The van der Waals surface area contributed by atoms with Gasteiger partial charge >= 0.3 is 0 Å². The van der Waals surface area contributed by atoms with Crippen LogP contribution in [0.1, 0.15) is 24.2 Å². The first-order valence-electron chi connectivity index (χ1n) is 5.78. The Bertz CT molecular complexity index is 533. The Hall–Kier alpha value is -1.87. The molecule has 1 N–H and O–H groups in total. The molecule has 0 aliphatic heterocycles. The van der Waals surface area contributed by atoms with Gasteiger partial charge in [-0.1, -0.05) is 23.8 Å². The molecule has 0 fully saturated rings. The summed E-state index contributed by atoms with van der Waals surface area (Å²) in [5.74, 6) is 0.265. The van der Waals surface area contributed by atoms with Gasteiger partial charge in [0.1, 0.15) is 5.75 Å². The first-order chi connectivity index (χ1) is 8.56. The molecule has 1 unspecified atom stereocenters. The van der Waals surface area contributed by atoms with E-state index < -0.39 is 11.9 Å². The van der Waals surface area contributed by atoms with Crippen LogP contribution in [0.2, 0.25) is 0 Å². The molecular weight excluding hydrogens is 231 g/mol. The maximum atomic E-state index is 13.7. The van der Waals surface area contributed by atoms with Gasteiger partial charge in [-0.05, 0) is 43.7 Å². The monoisotopic (exact) mass is 246 g/mol. The predicted octanol–water partition coefficient (Wildman–Crippen LogP) is 3.98. The molecule has 0 heterocycles. The highest BCUT2D eigenvalue weighted by molar-refractivity contribution is 5.35. The van der Waals surface area contributed by atoms with Crippen LogP contribution in [0.3, 0.4) is 0 Å². The highest BCUT2D eigenvalue weighted by atomic mass is 19.1. The van der Waals surface area contributed by atoms with E-state index in [-0.39, 0.29) is 5.75 Å². The number of aryl methyl sites for hydroxylation is 1. The van der Waals surface area contributed by atoms with Crippen molar-refractivity contribution in [2.75, 3.05) is 0 Å². The van der Waals surface area contributed by atoms with Crippen molar-refractivity contribution in [2.24, 2.45) is 0 Å². The quantitative estimate of drug-likeness (QED) is 0.887. The van der Waals surface area contributed by atoms with E-state index in [2.05, 4.69) is 0 Å². The molecule has 2 aromatic carbocycles. The zero-order valence-corrected chi connectivity index (χ0v) is 10.4. The second kappa shape index (κ2) is 5.19. The van der Waals surface area contributed by atoms with Crippen LogP contribution < -0.4 is 4.74 Å². The molecule has 2 rings (SSSR count). The minimum Gasteiger partial charge on any atom is -0.454 e. The molecule has 0 radical (unpaired) electrons. The van der Waals surface area contributed by atoms with Crippen LogP contribution in [0, 0.1) is 12.7 Å². The third kappa shape index (κ3) is 2.87. The molecule has 2 nitrogen and oxygen atoms in total. The van der Waals surface area contributed by atoms with Crippen molar-refractivity contribution >= 4 is 0 Å². The number of halogens is 1. The molecule has 0 bridgehead atoms. The minimum atomic E-state index is -0.687. The van der Waals surface area contributed by atoms with Crippen LogP contribution in [0.25, 0.3) is 0 Å². The smallest absolute Gasteiger partial charge is 0.166 e. The van der Waals surface area contributed by atoms with E-state index in [4.69, 9.17) is 4.74 Å². The minimum absolute atomic E-state index is 0.156. The highest BCUT2D eigenvalue weighted by Gasteiger charge is 2.08. The van der Waals surface area contributed by atoms with Crippen molar-refractivity contribution in [2.45, 2.75) is 20.0 Å². The van der Waals surface area contributed by atoms with E-state index in [0.29, 0.717) is 11.3 Å². The van der Waals surface area contributed by atoms with Gasteiger partial charge in [0.05, 0.1) is 6.10 Å². The van der Waals surface area contributed by atoms with Crippen molar-refractivity contribution < 1.29 is 14.2 Å². The molecular formula is C15H15FO2. The van der Waals surface area contributed by atoms with Crippen molar-refractivity contribution in [3.63, 3.8) is 0 Å².